The average molecular weight is 306 g/mol. The highest BCUT2D eigenvalue weighted by molar-refractivity contribution is 7.91. The lowest BCUT2D eigenvalue weighted by atomic mass is 10.1. The standard InChI is InChI=1S/C15H18N2O3S/c1-2-17(11-7-9-21(19,20)10-11)15(18)13-4-3-5-14-12(13)6-8-16-14/h3-6,8,11,16H,2,7,9-10H2,1H3. The van der Waals surface area contributed by atoms with Gasteiger partial charge in [0.05, 0.1) is 11.5 Å². The van der Waals surface area contributed by atoms with Crippen LogP contribution in [0.3, 0.4) is 0 Å². The van der Waals surface area contributed by atoms with E-state index in [1.54, 1.807) is 17.2 Å². The van der Waals surface area contributed by atoms with Crippen LogP contribution in [0.15, 0.2) is 30.5 Å². The van der Waals surface area contributed by atoms with Gasteiger partial charge in [0.25, 0.3) is 5.91 Å². The number of nitrogens with one attached hydrogen (secondary N) is 1. The number of carbonyl (C=O) groups is 1. The SMILES string of the molecule is CCN(C(=O)c1cccc2[nH]ccc12)C1CCS(=O)(=O)C1. The number of sulfone groups is 1. The third-order valence-corrected chi connectivity index (χ3v) is 5.83. The Bertz CT molecular complexity index is 779. The minimum absolute atomic E-state index is 0.0791. The number of nitrogens with zero attached hydrogens (tertiary/aromatic N) is 1. The van der Waals surface area contributed by atoms with Crippen LogP contribution >= 0.6 is 0 Å². The monoisotopic (exact) mass is 306 g/mol. The number of amides is 1. The number of rotatable bonds is 3. The van der Waals surface area contributed by atoms with Crippen molar-refractivity contribution < 1.29 is 13.2 Å². The van der Waals surface area contributed by atoms with Crippen molar-refractivity contribution in [3.63, 3.8) is 0 Å². The van der Waals surface area contributed by atoms with E-state index < -0.39 is 9.84 Å². The number of carbonyl (C=O) groups excluding carboxylic acids is 1. The summed E-state index contributed by atoms with van der Waals surface area (Å²) in [5, 5.41) is 0.877. The van der Waals surface area contributed by atoms with Crippen LogP contribution in [0.4, 0.5) is 0 Å². The Hall–Kier alpha value is -1.82. The molecule has 112 valence electrons. The van der Waals surface area contributed by atoms with Crippen molar-refractivity contribution in [2.45, 2.75) is 19.4 Å². The molecule has 1 aromatic carbocycles. The zero-order chi connectivity index (χ0) is 15.0. The van der Waals surface area contributed by atoms with Crippen molar-refractivity contribution in [2.75, 3.05) is 18.1 Å². The molecule has 0 bridgehead atoms. The second-order valence-electron chi connectivity index (χ2n) is 5.39. The van der Waals surface area contributed by atoms with Crippen LogP contribution in [-0.4, -0.2) is 48.3 Å². The second kappa shape index (κ2) is 5.18. The summed E-state index contributed by atoms with van der Waals surface area (Å²) in [5.74, 6) is 0.163. The van der Waals surface area contributed by atoms with Crippen molar-refractivity contribution in [2.24, 2.45) is 0 Å². The smallest absolute Gasteiger partial charge is 0.254 e. The molecule has 1 aromatic heterocycles. The highest BCUT2D eigenvalue weighted by atomic mass is 32.2. The first-order chi connectivity index (χ1) is 10.0. The van der Waals surface area contributed by atoms with E-state index in [9.17, 15) is 13.2 Å². The van der Waals surface area contributed by atoms with Crippen LogP contribution in [0.25, 0.3) is 10.9 Å². The molecule has 1 amide bonds. The molecular weight excluding hydrogens is 288 g/mol. The van der Waals surface area contributed by atoms with E-state index >= 15 is 0 Å². The Morgan fingerprint density at radius 3 is 2.86 bits per heavy atom. The first kappa shape index (κ1) is 14.1. The topological polar surface area (TPSA) is 70.2 Å². The van der Waals surface area contributed by atoms with Crippen LogP contribution in [0.5, 0.6) is 0 Å². The molecule has 6 heteroatoms. The molecule has 1 unspecified atom stereocenters. The minimum Gasteiger partial charge on any atom is -0.361 e. The molecule has 0 saturated carbocycles. The molecule has 21 heavy (non-hydrogen) atoms. The third kappa shape index (κ3) is 2.55. The molecule has 0 spiro atoms. The van der Waals surface area contributed by atoms with Gasteiger partial charge in [-0.2, -0.15) is 0 Å². The molecule has 2 heterocycles. The molecule has 3 rings (SSSR count). The molecule has 1 N–H and O–H groups in total. The van der Waals surface area contributed by atoms with E-state index in [1.165, 1.54) is 0 Å². The minimum atomic E-state index is -3.00. The van der Waals surface area contributed by atoms with E-state index in [2.05, 4.69) is 4.98 Å². The molecular formula is C15H18N2O3S. The van der Waals surface area contributed by atoms with Crippen molar-refractivity contribution in [3.05, 3.63) is 36.0 Å². The molecule has 1 saturated heterocycles. The summed E-state index contributed by atoms with van der Waals surface area (Å²) in [5.41, 5.74) is 1.54. The lowest BCUT2D eigenvalue weighted by molar-refractivity contribution is 0.0710. The van der Waals surface area contributed by atoms with E-state index in [1.807, 2.05) is 25.1 Å². The van der Waals surface area contributed by atoms with Gasteiger partial charge < -0.3 is 9.88 Å². The Balaban J connectivity index is 1.94. The Morgan fingerprint density at radius 2 is 2.19 bits per heavy atom. The van der Waals surface area contributed by atoms with Gasteiger partial charge in [-0.05, 0) is 31.5 Å². The Kier molecular flexibility index (Phi) is 3.49. The normalized spacial score (nSPS) is 20.7. The highest BCUT2D eigenvalue weighted by Crippen LogP contribution is 2.23. The summed E-state index contributed by atoms with van der Waals surface area (Å²) >= 11 is 0. The number of hydrogen-bond acceptors (Lipinski definition) is 3. The van der Waals surface area contributed by atoms with Gasteiger partial charge in [0.1, 0.15) is 0 Å². The van der Waals surface area contributed by atoms with Gasteiger partial charge in [-0.3, -0.25) is 4.79 Å². The van der Waals surface area contributed by atoms with Crippen molar-refractivity contribution in [1.82, 2.24) is 9.88 Å². The predicted octanol–water partition coefficient (Wildman–Crippen LogP) is 1.82. The largest absolute Gasteiger partial charge is 0.361 e. The number of H-pyrrole nitrogens is 1. The molecule has 1 aliphatic rings. The number of benzene rings is 1. The lowest BCUT2D eigenvalue weighted by Gasteiger charge is -2.27. The molecule has 1 aliphatic heterocycles. The maximum atomic E-state index is 12.8. The molecule has 2 aromatic rings. The fraction of sp³-hybridized carbons (Fsp3) is 0.400. The van der Waals surface area contributed by atoms with Gasteiger partial charge in [-0.1, -0.05) is 6.07 Å². The number of aromatic amines is 1. The summed E-state index contributed by atoms with van der Waals surface area (Å²) in [6.07, 6.45) is 2.34. The number of fused-ring (bicyclic) bond motifs is 1. The highest BCUT2D eigenvalue weighted by Gasteiger charge is 2.34. The third-order valence-electron chi connectivity index (χ3n) is 4.08. The van der Waals surface area contributed by atoms with Crippen LogP contribution in [0, 0.1) is 0 Å². The van der Waals surface area contributed by atoms with Crippen LogP contribution < -0.4 is 0 Å². The number of aromatic nitrogens is 1. The van der Waals surface area contributed by atoms with Gasteiger partial charge in [-0.25, -0.2) is 8.42 Å². The molecule has 5 nitrogen and oxygen atoms in total. The van der Waals surface area contributed by atoms with Gasteiger partial charge in [0, 0.05) is 35.2 Å². The van der Waals surface area contributed by atoms with Gasteiger partial charge >= 0.3 is 0 Å². The zero-order valence-electron chi connectivity index (χ0n) is 11.9. The molecule has 1 fully saturated rings. The van der Waals surface area contributed by atoms with Crippen LogP contribution in [0.2, 0.25) is 0 Å². The van der Waals surface area contributed by atoms with Crippen molar-refractivity contribution in [3.8, 4) is 0 Å². The van der Waals surface area contributed by atoms with Gasteiger partial charge in [0.15, 0.2) is 9.84 Å². The van der Waals surface area contributed by atoms with E-state index in [4.69, 9.17) is 0 Å². The van der Waals surface area contributed by atoms with Gasteiger partial charge in [-0.15, -0.1) is 0 Å². The first-order valence-electron chi connectivity index (χ1n) is 7.09. The fourth-order valence-electron chi connectivity index (χ4n) is 3.02. The molecule has 1 atom stereocenters. The van der Waals surface area contributed by atoms with Crippen molar-refractivity contribution in [1.29, 1.82) is 0 Å². The van der Waals surface area contributed by atoms with E-state index in [-0.39, 0.29) is 23.5 Å². The van der Waals surface area contributed by atoms with Crippen LogP contribution in [0.1, 0.15) is 23.7 Å². The fourth-order valence-corrected chi connectivity index (χ4v) is 4.75. The average Bonchev–Trinajstić information content (AvgIpc) is 3.05. The summed E-state index contributed by atoms with van der Waals surface area (Å²) in [6.45, 7) is 2.40. The number of hydrogen-bond donors (Lipinski definition) is 1. The first-order valence-corrected chi connectivity index (χ1v) is 8.91. The maximum absolute atomic E-state index is 12.8. The zero-order valence-corrected chi connectivity index (χ0v) is 12.7. The van der Waals surface area contributed by atoms with E-state index in [0.717, 1.165) is 10.9 Å². The van der Waals surface area contributed by atoms with Crippen LogP contribution in [-0.2, 0) is 9.84 Å². The van der Waals surface area contributed by atoms with Gasteiger partial charge in [0.2, 0.25) is 0 Å². The summed E-state index contributed by atoms with van der Waals surface area (Å²) in [6, 6.07) is 7.22. The Labute approximate surface area is 123 Å². The Morgan fingerprint density at radius 1 is 1.38 bits per heavy atom. The maximum Gasteiger partial charge on any atom is 0.254 e. The quantitative estimate of drug-likeness (QED) is 0.940. The van der Waals surface area contributed by atoms with Crippen molar-refractivity contribution >= 4 is 26.6 Å². The summed E-state index contributed by atoms with van der Waals surface area (Å²) in [7, 11) is -3.00. The summed E-state index contributed by atoms with van der Waals surface area (Å²) in [4.78, 5) is 17.6. The summed E-state index contributed by atoms with van der Waals surface area (Å²) < 4.78 is 23.3. The molecule has 0 radical (unpaired) electrons. The molecule has 0 aliphatic carbocycles. The lowest BCUT2D eigenvalue weighted by Crippen LogP contribution is -2.41. The second-order valence-corrected chi connectivity index (χ2v) is 7.62. The van der Waals surface area contributed by atoms with E-state index in [0.29, 0.717) is 18.5 Å². The predicted molar refractivity (Wildman–Crippen MR) is 82.1 cm³/mol.